The quantitative estimate of drug-likeness (QED) is 0.582. The second kappa shape index (κ2) is 9.02. The van der Waals surface area contributed by atoms with Crippen LogP contribution in [0.15, 0.2) is 65.3 Å². The highest BCUT2D eigenvalue weighted by atomic mass is 32.2. The number of hydrogen-bond donors (Lipinski definition) is 1. The molecule has 2 amide bonds. The minimum absolute atomic E-state index is 0.0795. The van der Waals surface area contributed by atoms with E-state index in [0.29, 0.717) is 17.9 Å². The highest BCUT2D eigenvalue weighted by Crippen LogP contribution is 2.39. The van der Waals surface area contributed by atoms with Gasteiger partial charge in [0.2, 0.25) is 5.91 Å². The van der Waals surface area contributed by atoms with Gasteiger partial charge in [-0.25, -0.2) is 0 Å². The predicted molar refractivity (Wildman–Crippen MR) is 123 cm³/mol. The number of furan rings is 1. The molecule has 31 heavy (non-hydrogen) atoms. The van der Waals surface area contributed by atoms with Crippen LogP contribution in [0.5, 0.6) is 0 Å². The predicted octanol–water partition coefficient (Wildman–Crippen LogP) is 5.16. The first kappa shape index (κ1) is 21.2. The van der Waals surface area contributed by atoms with Crippen LogP contribution in [0, 0.1) is 13.8 Å². The molecule has 0 radical (unpaired) electrons. The van der Waals surface area contributed by atoms with Crippen molar-refractivity contribution in [3.63, 3.8) is 0 Å². The fourth-order valence-corrected chi connectivity index (χ4v) is 4.86. The summed E-state index contributed by atoms with van der Waals surface area (Å²) in [4.78, 5) is 26.9. The number of thioether (sulfide) groups is 1. The molecule has 4 rings (SSSR count). The van der Waals surface area contributed by atoms with E-state index in [1.807, 2.05) is 48.2 Å². The van der Waals surface area contributed by atoms with E-state index in [9.17, 15) is 9.59 Å². The summed E-state index contributed by atoms with van der Waals surface area (Å²) in [6, 6.07) is 17.4. The van der Waals surface area contributed by atoms with Gasteiger partial charge in [-0.05, 0) is 67.3 Å². The first-order valence-electron chi connectivity index (χ1n) is 10.3. The van der Waals surface area contributed by atoms with Crippen LogP contribution in [0.4, 0.5) is 0 Å². The van der Waals surface area contributed by atoms with Gasteiger partial charge in [0.15, 0.2) is 0 Å². The van der Waals surface area contributed by atoms with Crippen LogP contribution in [0.1, 0.15) is 56.7 Å². The Labute approximate surface area is 186 Å². The Bertz CT molecular complexity index is 1080. The molecule has 160 valence electrons. The topological polar surface area (TPSA) is 62.6 Å². The number of rotatable bonds is 6. The number of hydrogen-bond acceptors (Lipinski definition) is 4. The third-order valence-corrected chi connectivity index (χ3v) is 6.97. The fraction of sp³-hybridized carbons (Fsp3) is 0.280. The van der Waals surface area contributed by atoms with Gasteiger partial charge in [0.1, 0.15) is 11.1 Å². The molecule has 5 nitrogen and oxygen atoms in total. The fourth-order valence-electron chi connectivity index (χ4n) is 3.67. The van der Waals surface area contributed by atoms with Crippen LogP contribution in [-0.4, -0.2) is 22.5 Å². The summed E-state index contributed by atoms with van der Waals surface area (Å²) in [6.45, 7) is 6.59. The molecular formula is C25H26N2O3S. The molecule has 3 aromatic rings. The van der Waals surface area contributed by atoms with Crippen molar-refractivity contribution < 1.29 is 14.0 Å². The van der Waals surface area contributed by atoms with Crippen molar-refractivity contribution in [1.29, 1.82) is 0 Å². The zero-order valence-electron chi connectivity index (χ0n) is 17.9. The Kier molecular flexibility index (Phi) is 6.18. The van der Waals surface area contributed by atoms with Crippen molar-refractivity contribution >= 4 is 23.6 Å². The molecule has 1 aliphatic rings. The lowest BCUT2D eigenvalue weighted by Crippen LogP contribution is -2.28. The van der Waals surface area contributed by atoms with E-state index in [4.69, 9.17) is 4.42 Å². The summed E-state index contributed by atoms with van der Waals surface area (Å²) < 4.78 is 5.41. The van der Waals surface area contributed by atoms with E-state index in [2.05, 4.69) is 37.4 Å². The number of amides is 2. The van der Waals surface area contributed by atoms with Crippen molar-refractivity contribution in [3.05, 3.63) is 94.4 Å². The van der Waals surface area contributed by atoms with Crippen molar-refractivity contribution in [1.82, 2.24) is 10.2 Å². The lowest BCUT2D eigenvalue weighted by molar-refractivity contribution is -0.128. The lowest BCUT2D eigenvalue weighted by atomic mass is 10.0. The van der Waals surface area contributed by atoms with Gasteiger partial charge in [0.05, 0.1) is 24.6 Å². The zero-order valence-corrected chi connectivity index (χ0v) is 18.7. The summed E-state index contributed by atoms with van der Waals surface area (Å²) in [6.07, 6.45) is 1.62. The van der Waals surface area contributed by atoms with Gasteiger partial charge in [0, 0.05) is 5.56 Å². The summed E-state index contributed by atoms with van der Waals surface area (Å²) in [5.41, 5.74) is 5.14. The highest BCUT2D eigenvalue weighted by molar-refractivity contribution is 8.00. The number of nitrogens with one attached hydrogen (secondary N) is 1. The Hall–Kier alpha value is -2.99. The molecule has 1 fully saturated rings. The maximum atomic E-state index is 12.7. The van der Waals surface area contributed by atoms with Gasteiger partial charge in [-0.2, -0.15) is 0 Å². The standard InChI is InChI=1S/C25H26N2O3S/c1-16-6-7-21(13-17(16)2)18(3)26-24(29)19-8-10-20(11-9-19)25-27(23(28)15-31-25)14-22-5-4-12-30-22/h4-13,18,25H,14-15H2,1-3H3,(H,26,29). The summed E-state index contributed by atoms with van der Waals surface area (Å²) in [5, 5.41) is 2.99. The molecule has 0 bridgehead atoms. The third-order valence-electron chi connectivity index (χ3n) is 5.71. The van der Waals surface area contributed by atoms with Crippen LogP contribution in [0.25, 0.3) is 0 Å². The second-order valence-electron chi connectivity index (χ2n) is 7.93. The first-order valence-corrected chi connectivity index (χ1v) is 11.4. The summed E-state index contributed by atoms with van der Waals surface area (Å²) in [7, 11) is 0. The number of carbonyl (C=O) groups excluding carboxylic acids is 2. The molecular weight excluding hydrogens is 408 g/mol. The Morgan fingerprint density at radius 1 is 1.16 bits per heavy atom. The normalized spacial score (nSPS) is 17.1. The number of carbonyl (C=O) groups is 2. The SMILES string of the molecule is Cc1ccc(C(C)NC(=O)c2ccc(C3SCC(=O)N3Cc3ccco3)cc2)cc1C. The van der Waals surface area contributed by atoms with Gasteiger partial charge in [-0.3, -0.25) is 9.59 Å². The van der Waals surface area contributed by atoms with Crippen molar-refractivity contribution in [2.24, 2.45) is 0 Å². The van der Waals surface area contributed by atoms with Gasteiger partial charge in [-0.15, -0.1) is 11.8 Å². The monoisotopic (exact) mass is 434 g/mol. The number of benzene rings is 2. The molecule has 1 N–H and O–H groups in total. The average Bonchev–Trinajstić information content (AvgIpc) is 3.41. The van der Waals surface area contributed by atoms with E-state index in [0.717, 1.165) is 16.9 Å². The van der Waals surface area contributed by atoms with Gasteiger partial charge < -0.3 is 14.6 Å². The first-order chi connectivity index (χ1) is 14.9. The smallest absolute Gasteiger partial charge is 0.251 e. The highest BCUT2D eigenvalue weighted by Gasteiger charge is 2.33. The van der Waals surface area contributed by atoms with Gasteiger partial charge >= 0.3 is 0 Å². The largest absolute Gasteiger partial charge is 0.467 e. The molecule has 0 spiro atoms. The minimum atomic E-state index is -0.111. The Morgan fingerprint density at radius 2 is 1.94 bits per heavy atom. The van der Waals surface area contributed by atoms with Crippen LogP contribution in [-0.2, 0) is 11.3 Å². The van der Waals surface area contributed by atoms with Gasteiger partial charge in [-0.1, -0.05) is 30.3 Å². The average molecular weight is 435 g/mol. The van der Waals surface area contributed by atoms with E-state index in [1.165, 1.54) is 11.1 Å². The Balaban J connectivity index is 1.44. The van der Waals surface area contributed by atoms with Crippen LogP contribution in [0.3, 0.4) is 0 Å². The van der Waals surface area contributed by atoms with Crippen molar-refractivity contribution in [2.75, 3.05) is 5.75 Å². The van der Waals surface area contributed by atoms with Crippen LogP contribution >= 0.6 is 11.8 Å². The molecule has 0 saturated carbocycles. The molecule has 1 aromatic heterocycles. The molecule has 2 unspecified atom stereocenters. The zero-order chi connectivity index (χ0) is 22.0. The van der Waals surface area contributed by atoms with E-state index < -0.39 is 0 Å². The summed E-state index contributed by atoms with van der Waals surface area (Å²) >= 11 is 1.59. The molecule has 2 aromatic carbocycles. The van der Waals surface area contributed by atoms with E-state index in [1.54, 1.807) is 18.0 Å². The van der Waals surface area contributed by atoms with Crippen LogP contribution < -0.4 is 5.32 Å². The Morgan fingerprint density at radius 3 is 2.61 bits per heavy atom. The molecule has 2 atom stereocenters. The molecule has 1 saturated heterocycles. The number of aryl methyl sites for hydroxylation is 2. The number of nitrogens with zero attached hydrogens (tertiary/aromatic N) is 1. The van der Waals surface area contributed by atoms with Crippen molar-refractivity contribution in [2.45, 2.75) is 38.7 Å². The maximum absolute atomic E-state index is 12.7. The third kappa shape index (κ3) is 4.69. The second-order valence-corrected chi connectivity index (χ2v) is 8.99. The van der Waals surface area contributed by atoms with Crippen molar-refractivity contribution in [3.8, 4) is 0 Å². The summed E-state index contributed by atoms with van der Waals surface area (Å²) in [5.74, 6) is 1.19. The van der Waals surface area contributed by atoms with Crippen LogP contribution in [0.2, 0.25) is 0 Å². The van der Waals surface area contributed by atoms with Gasteiger partial charge in [0.25, 0.3) is 5.91 Å². The molecule has 6 heteroatoms. The van der Waals surface area contributed by atoms with E-state index >= 15 is 0 Å². The molecule has 0 aliphatic carbocycles. The lowest BCUT2D eigenvalue weighted by Gasteiger charge is -2.23. The molecule has 1 aliphatic heterocycles. The maximum Gasteiger partial charge on any atom is 0.251 e. The molecule has 2 heterocycles. The minimum Gasteiger partial charge on any atom is -0.467 e. The van der Waals surface area contributed by atoms with E-state index in [-0.39, 0.29) is 23.2 Å².